The predicted octanol–water partition coefficient (Wildman–Crippen LogP) is 13.3. The molecule has 9 aromatic rings. The van der Waals surface area contributed by atoms with Crippen LogP contribution in [0.15, 0.2) is 206 Å². The molecule has 3 heteroatoms. The second-order valence-corrected chi connectivity index (χ2v) is 14.5. The molecule has 1 aliphatic carbocycles. The number of ether oxygens (including phenoxy) is 1. The summed E-state index contributed by atoms with van der Waals surface area (Å²) in [6.45, 7) is 0. The molecule has 0 bridgehead atoms. The van der Waals surface area contributed by atoms with Crippen LogP contribution in [0.1, 0.15) is 22.3 Å². The van der Waals surface area contributed by atoms with Gasteiger partial charge in [0.2, 0.25) is 0 Å². The van der Waals surface area contributed by atoms with Crippen molar-refractivity contribution < 1.29 is 4.74 Å². The first-order valence-electron chi connectivity index (χ1n) is 19.1. The summed E-state index contributed by atoms with van der Waals surface area (Å²) in [7, 11) is 0. The minimum atomic E-state index is -0.489. The van der Waals surface area contributed by atoms with Gasteiger partial charge in [-0.25, -0.2) is 9.97 Å². The molecule has 0 saturated carbocycles. The van der Waals surface area contributed by atoms with Crippen molar-refractivity contribution in [3.8, 4) is 78.8 Å². The summed E-state index contributed by atoms with van der Waals surface area (Å²) in [5.74, 6) is 2.45. The number of para-hydroxylation sites is 1. The number of hydrogen-bond acceptors (Lipinski definition) is 3. The molecule has 3 nitrogen and oxygen atoms in total. The quantitative estimate of drug-likeness (QED) is 0.178. The number of hydrogen-bond donors (Lipinski definition) is 0. The summed E-state index contributed by atoms with van der Waals surface area (Å²) in [4.78, 5) is 10.2. The summed E-state index contributed by atoms with van der Waals surface area (Å²) in [6, 6.07) is 73.0. The van der Waals surface area contributed by atoms with E-state index in [0.29, 0.717) is 5.82 Å². The average molecular weight is 715 g/mol. The summed E-state index contributed by atoms with van der Waals surface area (Å²) < 4.78 is 6.86. The zero-order chi connectivity index (χ0) is 37.1. The van der Waals surface area contributed by atoms with E-state index >= 15 is 0 Å². The van der Waals surface area contributed by atoms with Crippen molar-refractivity contribution in [1.29, 1.82) is 0 Å². The Morgan fingerprint density at radius 2 is 0.768 bits per heavy atom. The first-order valence-corrected chi connectivity index (χ1v) is 19.1. The van der Waals surface area contributed by atoms with E-state index in [2.05, 4.69) is 170 Å². The Bertz CT molecular complexity index is 2850. The molecule has 0 atom stereocenters. The fraction of sp³-hybridized carbons (Fsp3) is 0.0189. The standard InChI is InChI=1S/C53H34N2O/c1-3-16-35(17-4-1)48-34-49(36-18-5-2-6-19-36)55-52(54-48)39-21-15-20-37(32-39)40-22-7-8-23-41(40)38-30-31-47-51(33-38)56-50-29-14-13-28-46(50)53(47)44-26-11-9-24-42(44)43-25-10-12-27-45(43)53/h1-34H. The van der Waals surface area contributed by atoms with Crippen molar-refractivity contribution in [2.45, 2.75) is 5.41 Å². The van der Waals surface area contributed by atoms with Crippen LogP contribution in [-0.2, 0) is 5.41 Å². The van der Waals surface area contributed by atoms with E-state index in [-0.39, 0.29) is 0 Å². The topological polar surface area (TPSA) is 35.0 Å². The normalized spacial score (nSPS) is 12.9. The van der Waals surface area contributed by atoms with Crippen LogP contribution >= 0.6 is 0 Å². The Morgan fingerprint density at radius 1 is 0.304 bits per heavy atom. The van der Waals surface area contributed by atoms with Gasteiger partial charge < -0.3 is 4.74 Å². The van der Waals surface area contributed by atoms with Crippen LogP contribution < -0.4 is 4.74 Å². The highest BCUT2D eigenvalue weighted by Gasteiger charge is 2.50. The second-order valence-electron chi connectivity index (χ2n) is 14.5. The summed E-state index contributed by atoms with van der Waals surface area (Å²) in [5, 5.41) is 0. The van der Waals surface area contributed by atoms with Gasteiger partial charge in [-0.1, -0.05) is 182 Å². The molecule has 1 aromatic heterocycles. The number of fused-ring (bicyclic) bond motifs is 9. The number of rotatable bonds is 5. The van der Waals surface area contributed by atoms with E-state index in [4.69, 9.17) is 14.7 Å². The Morgan fingerprint density at radius 3 is 1.39 bits per heavy atom. The van der Waals surface area contributed by atoms with Crippen LogP contribution in [0.4, 0.5) is 0 Å². The van der Waals surface area contributed by atoms with E-state index in [1.807, 2.05) is 36.4 Å². The van der Waals surface area contributed by atoms with Gasteiger partial charge >= 0.3 is 0 Å². The Labute approximate surface area is 326 Å². The minimum Gasteiger partial charge on any atom is -0.457 e. The molecule has 2 aliphatic rings. The molecule has 0 fully saturated rings. The lowest BCUT2D eigenvalue weighted by molar-refractivity contribution is 0.436. The number of aromatic nitrogens is 2. The molecule has 11 rings (SSSR count). The highest BCUT2D eigenvalue weighted by atomic mass is 16.5. The predicted molar refractivity (Wildman–Crippen MR) is 227 cm³/mol. The molecule has 1 spiro atoms. The molecule has 2 heterocycles. The molecule has 0 amide bonds. The fourth-order valence-corrected chi connectivity index (χ4v) is 8.93. The Hall–Kier alpha value is -7.36. The molecular formula is C53H34N2O. The van der Waals surface area contributed by atoms with Crippen molar-refractivity contribution in [2.24, 2.45) is 0 Å². The third-order valence-corrected chi connectivity index (χ3v) is 11.4. The van der Waals surface area contributed by atoms with Crippen LogP contribution in [0.3, 0.4) is 0 Å². The van der Waals surface area contributed by atoms with Crippen molar-refractivity contribution in [3.63, 3.8) is 0 Å². The number of benzene rings is 8. The first kappa shape index (κ1) is 32.1. The monoisotopic (exact) mass is 714 g/mol. The smallest absolute Gasteiger partial charge is 0.160 e. The lowest BCUT2D eigenvalue weighted by Crippen LogP contribution is -2.32. The molecule has 0 saturated heterocycles. The minimum absolute atomic E-state index is 0.489. The summed E-state index contributed by atoms with van der Waals surface area (Å²) in [6.07, 6.45) is 0. The van der Waals surface area contributed by atoms with Crippen LogP contribution in [0.25, 0.3) is 67.3 Å². The molecule has 8 aromatic carbocycles. The maximum Gasteiger partial charge on any atom is 0.160 e. The van der Waals surface area contributed by atoms with Gasteiger partial charge in [-0.05, 0) is 68.8 Å². The van der Waals surface area contributed by atoms with Crippen molar-refractivity contribution in [3.05, 3.63) is 229 Å². The van der Waals surface area contributed by atoms with Gasteiger partial charge in [0.25, 0.3) is 0 Å². The Balaban J connectivity index is 1.04. The van der Waals surface area contributed by atoms with Crippen molar-refractivity contribution in [1.82, 2.24) is 9.97 Å². The fourth-order valence-electron chi connectivity index (χ4n) is 8.93. The lowest BCUT2D eigenvalue weighted by Gasteiger charge is -2.39. The van der Waals surface area contributed by atoms with Gasteiger partial charge in [0.15, 0.2) is 5.82 Å². The van der Waals surface area contributed by atoms with Gasteiger partial charge in [-0.3, -0.25) is 0 Å². The molecule has 56 heavy (non-hydrogen) atoms. The van der Waals surface area contributed by atoms with E-state index < -0.39 is 5.41 Å². The molecule has 262 valence electrons. The highest BCUT2D eigenvalue weighted by Crippen LogP contribution is 2.62. The van der Waals surface area contributed by atoms with Crippen LogP contribution in [-0.4, -0.2) is 9.97 Å². The number of nitrogens with zero attached hydrogens (tertiary/aromatic N) is 2. The van der Waals surface area contributed by atoms with Gasteiger partial charge in [0.1, 0.15) is 11.5 Å². The van der Waals surface area contributed by atoms with Gasteiger partial charge in [0, 0.05) is 27.8 Å². The zero-order valence-corrected chi connectivity index (χ0v) is 30.4. The van der Waals surface area contributed by atoms with Crippen LogP contribution in [0, 0.1) is 0 Å². The zero-order valence-electron chi connectivity index (χ0n) is 30.4. The largest absolute Gasteiger partial charge is 0.457 e. The van der Waals surface area contributed by atoms with Gasteiger partial charge in [0.05, 0.1) is 16.8 Å². The average Bonchev–Trinajstić information content (AvgIpc) is 3.57. The third kappa shape index (κ3) is 4.98. The van der Waals surface area contributed by atoms with E-state index in [9.17, 15) is 0 Å². The third-order valence-electron chi connectivity index (χ3n) is 11.4. The Kier molecular flexibility index (Phi) is 7.39. The lowest BCUT2D eigenvalue weighted by atomic mass is 9.66. The summed E-state index contributed by atoms with van der Waals surface area (Å²) >= 11 is 0. The van der Waals surface area contributed by atoms with Gasteiger partial charge in [-0.2, -0.15) is 0 Å². The van der Waals surface area contributed by atoms with Crippen LogP contribution in [0.5, 0.6) is 11.5 Å². The van der Waals surface area contributed by atoms with E-state index in [0.717, 1.165) is 67.4 Å². The molecule has 1 aliphatic heterocycles. The second kappa shape index (κ2) is 12.9. The molecule has 0 N–H and O–H groups in total. The SMILES string of the molecule is c1ccc(-c2cc(-c3ccccc3)nc(-c3cccc(-c4ccccc4-c4ccc5c(c4)Oc4ccccc4C54c5ccccc5-c5ccccc54)c3)n2)cc1. The van der Waals surface area contributed by atoms with Gasteiger partial charge in [-0.15, -0.1) is 0 Å². The first-order chi connectivity index (χ1) is 27.8. The van der Waals surface area contributed by atoms with Crippen molar-refractivity contribution in [2.75, 3.05) is 0 Å². The maximum atomic E-state index is 6.86. The van der Waals surface area contributed by atoms with E-state index in [1.54, 1.807) is 0 Å². The highest BCUT2D eigenvalue weighted by molar-refractivity contribution is 5.90. The maximum absolute atomic E-state index is 6.86. The molecular weight excluding hydrogens is 681 g/mol. The summed E-state index contributed by atoms with van der Waals surface area (Å²) in [5.41, 5.74) is 16.2. The molecule has 0 radical (unpaired) electrons. The van der Waals surface area contributed by atoms with Crippen LogP contribution in [0.2, 0.25) is 0 Å². The molecule has 0 unspecified atom stereocenters. The van der Waals surface area contributed by atoms with E-state index in [1.165, 1.54) is 27.8 Å². The van der Waals surface area contributed by atoms with Crippen molar-refractivity contribution >= 4 is 0 Å².